The van der Waals surface area contributed by atoms with Crippen molar-refractivity contribution in [2.75, 3.05) is 0 Å². The van der Waals surface area contributed by atoms with Crippen LogP contribution in [0.1, 0.15) is 46.0 Å². The molecule has 1 aliphatic rings. The lowest BCUT2D eigenvalue weighted by Gasteiger charge is -2.18. The molecule has 94 valence electrons. The van der Waals surface area contributed by atoms with Crippen molar-refractivity contribution in [3.8, 4) is 0 Å². The van der Waals surface area contributed by atoms with Gasteiger partial charge in [-0.25, -0.2) is 9.59 Å². The fraction of sp³-hybridized carbons (Fsp3) is 0.571. The Morgan fingerprint density at radius 3 is 2.24 bits per heavy atom. The van der Waals surface area contributed by atoms with Crippen molar-refractivity contribution >= 4 is 11.9 Å². The van der Waals surface area contributed by atoms with E-state index in [0.29, 0.717) is 11.5 Å². The molecule has 0 unspecified atom stereocenters. The number of carbonyl (C=O) groups excluding carboxylic acids is 2. The summed E-state index contributed by atoms with van der Waals surface area (Å²) in [5.41, 5.74) is 0.760. The number of ether oxygens (including phenoxy) is 1. The van der Waals surface area contributed by atoms with Crippen LogP contribution in [0.5, 0.6) is 0 Å². The highest BCUT2D eigenvalue weighted by Gasteiger charge is 2.16. The maximum Gasteiger partial charge on any atom is 0.341 e. The summed E-state index contributed by atoms with van der Waals surface area (Å²) in [5.74, 6) is -0.744. The summed E-state index contributed by atoms with van der Waals surface area (Å²) in [7, 11) is 0. The fourth-order valence-electron chi connectivity index (χ4n) is 1.97. The maximum absolute atomic E-state index is 11.6. The molecule has 3 heteroatoms. The maximum atomic E-state index is 11.6. The Kier molecular flexibility index (Phi) is 5.13. The molecule has 0 amide bonds. The van der Waals surface area contributed by atoms with E-state index in [2.05, 4.69) is 11.3 Å². The van der Waals surface area contributed by atoms with Gasteiger partial charge in [-0.15, -0.1) is 0 Å². The molecule has 0 aliphatic heterocycles. The van der Waals surface area contributed by atoms with Crippen LogP contribution in [0.2, 0.25) is 0 Å². The average Bonchev–Trinajstić information content (AvgIpc) is 2.29. The lowest BCUT2D eigenvalue weighted by Crippen LogP contribution is -2.14. The molecule has 1 saturated carbocycles. The van der Waals surface area contributed by atoms with Crippen molar-refractivity contribution in [3.63, 3.8) is 0 Å². The van der Waals surface area contributed by atoms with Gasteiger partial charge in [0.15, 0.2) is 0 Å². The van der Waals surface area contributed by atoms with E-state index in [4.69, 9.17) is 0 Å². The minimum Gasteiger partial charge on any atom is -0.386 e. The van der Waals surface area contributed by atoms with Crippen molar-refractivity contribution in [1.82, 2.24) is 0 Å². The molecule has 0 bridgehead atoms. The van der Waals surface area contributed by atoms with Gasteiger partial charge < -0.3 is 4.74 Å². The first-order valence-corrected chi connectivity index (χ1v) is 6.11. The first-order chi connectivity index (χ1) is 8.00. The Labute approximate surface area is 103 Å². The highest BCUT2D eigenvalue weighted by Crippen LogP contribution is 2.25. The highest BCUT2D eigenvalue weighted by molar-refractivity contribution is 6.01. The summed E-state index contributed by atoms with van der Waals surface area (Å²) in [6.07, 6.45) is 7.90. The van der Waals surface area contributed by atoms with Gasteiger partial charge in [0.05, 0.1) is 0 Å². The van der Waals surface area contributed by atoms with E-state index in [1.807, 2.05) is 6.08 Å². The van der Waals surface area contributed by atoms with Gasteiger partial charge in [0.1, 0.15) is 0 Å². The van der Waals surface area contributed by atoms with Crippen LogP contribution in [0.3, 0.4) is 0 Å². The van der Waals surface area contributed by atoms with Gasteiger partial charge in [0.2, 0.25) is 0 Å². The zero-order chi connectivity index (χ0) is 12.8. The predicted octanol–water partition coefficient (Wildman–Crippen LogP) is 3.16. The van der Waals surface area contributed by atoms with Crippen molar-refractivity contribution in [3.05, 3.63) is 23.8 Å². The van der Waals surface area contributed by atoms with E-state index in [0.717, 1.165) is 12.8 Å². The second-order valence-corrected chi connectivity index (χ2v) is 4.71. The molecule has 0 aromatic rings. The molecule has 0 aromatic carbocycles. The number of carbonyl (C=O) groups is 2. The Bertz CT molecular complexity index is 346. The molecule has 0 saturated heterocycles. The van der Waals surface area contributed by atoms with Gasteiger partial charge in [-0.1, -0.05) is 31.9 Å². The fourth-order valence-corrected chi connectivity index (χ4v) is 1.97. The molecule has 1 fully saturated rings. The van der Waals surface area contributed by atoms with Crippen molar-refractivity contribution in [2.45, 2.75) is 46.0 Å². The van der Waals surface area contributed by atoms with Crippen LogP contribution in [0.4, 0.5) is 0 Å². The number of esters is 2. The number of rotatable bonds is 3. The minimum absolute atomic E-state index is 0.240. The molecule has 0 aromatic heterocycles. The van der Waals surface area contributed by atoms with Crippen molar-refractivity contribution in [2.24, 2.45) is 5.92 Å². The summed E-state index contributed by atoms with van der Waals surface area (Å²) in [5, 5.41) is 0. The molecule has 0 heterocycles. The molecule has 17 heavy (non-hydrogen) atoms. The van der Waals surface area contributed by atoms with Gasteiger partial charge in [-0.2, -0.15) is 0 Å². The minimum atomic E-state index is -0.647. The van der Waals surface area contributed by atoms with Crippen LogP contribution in [-0.2, 0) is 14.3 Å². The molecule has 0 radical (unpaired) electrons. The first kappa shape index (κ1) is 13.7. The molecular weight excluding hydrogens is 216 g/mol. The number of hydrogen-bond acceptors (Lipinski definition) is 3. The van der Waals surface area contributed by atoms with E-state index in [-0.39, 0.29) is 5.57 Å². The molecule has 0 N–H and O–H groups in total. The SMILES string of the molecule is C=C(C)C(=O)OC(=O)C(C)=CC1CCCCC1. The van der Waals surface area contributed by atoms with E-state index in [1.54, 1.807) is 6.92 Å². The second kappa shape index (κ2) is 6.38. The standard InChI is InChI=1S/C14H20O3/c1-10(2)13(15)17-14(16)11(3)9-12-7-5-4-6-8-12/h9,12H,1,4-8H2,2-3H3. The molecular formula is C14H20O3. The largest absolute Gasteiger partial charge is 0.386 e. The van der Waals surface area contributed by atoms with E-state index >= 15 is 0 Å². The Balaban J connectivity index is 2.53. The number of hydrogen-bond donors (Lipinski definition) is 0. The summed E-state index contributed by atoms with van der Waals surface area (Å²) >= 11 is 0. The summed E-state index contributed by atoms with van der Waals surface area (Å²) in [4.78, 5) is 22.8. The third-order valence-corrected chi connectivity index (χ3v) is 2.99. The second-order valence-electron chi connectivity index (χ2n) is 4.71. The third-order valence-electron chi connectivity index (χ3n) is 2.99. The van der Waals surface area contributed by atoms with Crippen LogP contribution in [0.25, 0.3) is 0 Å². The highest BCUT2D eigenvalue weighted by atomic mass is 16.6. The first-order valence-electron chi connectivity index (χ1n) is 6.11. The normalized spacial score (nSPS) is 17.6. The quantitative estimate of drug-likeness (QED) is 0.429. The van der Waals surface area contributed by atoms with Crippen LogP contribution in [0.15, 0.2) is 23.8 Å². The zero-order valence-corrected chi connectivity index (χ0v) is 10.6. The average molecular weight is 236 g/mol. The van der Waals surface area contributed by atoms with Crippen LogP contribution < -0.4 is 0 Å². The molecule has 0 atom stereocenters. The topological polar surface area (TPSA) is 43.4 Å². The number of allylic oxidation sites excluding steroid dienone is 1. The van der Waals surface area contributed by atoms with Gasteiger partial charge >= 0.3 is 11.9 Å². The third kappa shape index (κ3) is 4.55. The summed E-state index contributed by atoms with van der Waals surface area (Å²) < 4.78 is 4.67. The lowest BCUT2D eigenvalue weighted by atomic mass is 9.88. The van der Waals surface area contributed by atoms with Gasteiger partial charge in [0, 0.05) is 11.1 Å². The van der Waals surface area contributed by atoms with Crippen LogP contribution in [0, 0.1) is 5.92 Å². The van der Waals surface area contributed by atoms with E-state index < -0.39 is 11.9 Å². The van der Waals surface area contributed by atoms with Gasteiger partial charge in [0.25, 0.3) is 0 Å². The molecule has 3 nitrogen and oxygen atoms in total. The monoisotopic (exact) mass is 236 g/mol. The lowest BCUT2D eigenvalue weighted by molar-refractivity contribution is -0.153. The van der Waals surface area contributed by atoms with Crippen LogP contribution >= 0.6 is 0 Å². The summed E-state index contributed by atoms with van der Waals surface area (Å²) in [6, 6.07) is 0. The Morgan fingerprint density at radius 1 is 1.12 bits per heavy atom. The van der Waals surface area contributed by atoms with Gasteiger partial charge in [-0.3, -0.25) is 0 Å². The molecule has 1 rings (SSSR count). The smallest absolute Gasteiger partial charge is 0.341 e. The van der Waals surface area contributed by atoms with Gasteiger partial charge in [-0.05, 0) is 32.6 Å². The van der Waals surface area contributed by atoms with Crippen LogP contribution in [-0.4, -0.2) is 11.9 Å². The molecule has 1 aliphatic carbocycles. The van der Waals surface area contributed by atoms with E-state index in [9.17, 15) is 9.59 Å². The van der Waals surface area contributed by atoms with Crippen molar-refractivity contribution < 1.29 is 14.3 Å². The Hall–Kier alpha value is -1.38. The van der Waals surface area contributed by atoms with Crippen molar-refractivity contribution in [1.29, 1.82) is 0 Å². The summed E-state index contributed by atoms with van der Waals surface area (Å²) in [6.45, 7) is 6.66. The van der Waals surface area contributed by atoms with E-state index in [1.165, 1.54) is 26.2 Å². The Morgan fingerprint density at radius 2 is 1.71 bits per heavy atom. The zero-order valence-electron chi connectivity index (χ0n) is 10.6. The predicted molar refractivity (Wildman–Crippen MR) is 66.2 cm³/mol. The molecule has 0 spiro atoms.